The van der Waals surface area contributed by atoms with E-state index in [0.717, 1.165) is 0 Å². The summed E-state index contributed by atoms with van der Waals surface area (Å²) in [4.78, 5) is 10.6. The maximum Gasteiger partial charge on any atom is 0.309 e. The van der Waals surface area contributed by atoms with Gasteiger partial charge in [0.25, 0.3) is 0 Å². The highest BCUT2D eigenvalue weighted by Gasteiger charge is 2.30. The second kappa shape index (κ2) is 8.59. The number of aliphatic hydroxyl groups excluding tert-OH is 1. The first-order chi connectivity index (χ1) is 10.0. The zero-order valence-corrected chi connectivity index (χ0v) is 13.5. The minimum Gasteiger partial charge on any atom is -0.616 e. The van der Waals surface area contributed by atoms with Crippen molar-refractivity contribution < 1.29 is 28.5 Å². The molecule has 2 heterocycles. The van der Waals surface area contributed by atoms with Crippen molar-refractivity contribution in [2.75, 3.05) is 23.0 Å². The number of cyclic esters (lactones) is 1. The van der Waals surface area contributed by atoms with Crippen LogP contribution < -0.4 is 0 Å². The number of hydrogen-bond acceptors (Lipinski definition) is 6. The van der Waals surface area contributed by atoms with Crippen LogP contribution in [0.15, 0.2) is 0 Å². The SMILES string of the molecule is O=C1CC(CC[S+]([O-])CCC[S+]([O-])CCC2CC(O)O2)O1. The lowest BCUT2D eigenvalue weighted by molar-refractivity contribution is -0.231. The highest BCUT2D eigenvalue weighted by atomic mass is 32.2. The van der Waals surface area contributed by atoms with Crippen LogP contribution in [0.5, 0.6) is 0 Å². The zero-order valence-electron chi connectivity index (χ0n) is 11.9. The Morgan fingerprint density at radius 1 is 1.10 bits per heavy atom. The van der Waals surface area contributed by atoms with Crippen LogP contribution in [0.25, 0.3) is 0 Å². The van der Waals surface area contributed by atoms with Gasteiger partial charge in [-0.05, 0) is 0 Å². The number of esters is 1. The summed E-state index contributed by atoms with van der Waals surface area (Å²) in [6.07, 6.45) is 2.48. The first-order valence-corrected chi connectivity index (χ1v) is 10.2. The number of ether oxygens (including phenoxy) is 2. The molecule has 0 aromatic heterocycles. The van der Waals surface area contributed by atoms with E-state index in [1.807, 2.05) is 0 Å². The highest BCUT2D eigenvalue weighted by molar-refractivity contribution is 7.92. The molecule has 2 aliphatic rings. The van der Waals surface area contributed by atoms with Crippen molar-refractivity contribution >= 4 is 28.3 Å². The van der Waals surface area contributed by atoms with Crippen LogP contribution in [0, 0.1) is 0 Å². The van der Waals surface area contributed by atoms with Gasteiger partial charge in [0.15, 0.2) is 6.29 Å². The molecule has 0 amide bonds. The van der Waals surface area contributed by atoms with E-state index in [0.29, 0.717) is 55.1 Å². The summed E-state index contributed by atoms with van der Waals surface area (Å²) < 4.78 is 33.4. The molecular formula is C13H22O6S2. The predicted molar refractivity (Wildman–Crippen MR) is 79.6 cm³/mol. The van der Waals surface area contributed by atoms with Crippen molar-refractivity contribution in [3.8, 4) is 0 Å². The van der Waals surface area contributed by atoms with E-state index >= 15 is 0 Å². The van der Waals surface area contributed by atoms with Crippen LogP contribution in [0.4, 0.5) is 0 Å². The van der Waals surface area contributed by atoms with Gasteiger partial charge < -0.3 is 23.7 Å². The molecule has 1 N–H and O–H groups in total. The third-order valence-electron chi connectivity index (χ3n) is 3.59. The summed E-state index contributed by atoms with van der Waals surface area (Å²) in [7, 11) is 0. The third-order valence-corrected chi connectivity index (χ3v) is 6.46. The lowest BCUT2D eigenvalue weighted by Gasteiger charge is -2.31. The zero-order chi connectivity index (χ0) is 15.2. The van der Waals surface area contributed by atoms with E-state index in [1.165, 1.54) is 0 Å². The lowest BCUT2D eigenvalue weighted by Crippen LogP contribution is -2.38. The summed E-state index contributed by atoms with van der Waals surface area (Å²) in [6.45, 7) is 0. The number of aliphatic hydroxyl groups is 1. The van der Waals surface area contributed by atoms with E-state index in [-0.39, 0.29) is 18.2 Å². The predicted octanol–water partition coefficient (Wildman–Crippen LogP) is 0.0769. The second-order valence-electron chi connectivity index (χ2n) is 5.39. The average Bonchev–Trinajstić information content (AvgIpc) is 2.37. The summed E-state index contributed by atoms with van der Waals surface area (Å²) in [5.41, 5.74) is 0. The number of rotatable bonds is 10. The van der Waals surface area contributed by atoms with Gasteiger partial charge in [-0.2, -0.15) is 0 Å². The fourth-order valence-electron chi connectivity index (χ4n) is 2.26. The van der Waals surface area contributed by atoms with Gasteiger partial charge in [-0.1, -0.05) is 22.4 Å². The molecule has 0 saturated carbocycles. The van der Waals surface area contributed by atoms with Gasteiger partial charge in [-0.25, -0.2) is 0 Å². The van der Waals surface area contributed by atoms with Crippen LogP contribution in [-0.4, -0.2) is 61.7 Å². The van der Waals surface area contributed by atoms with Crippen LogP contribution >= 0.6 is 0 Å². The van der Waals surface area contributed by atoms with E-state index in [9.17, 15) is 13.9 Å². The van der Waals surface area contributed by atoms with Crippen molar-refractivity contribution in [3.05, 3.63) is 0 Å². The van der Waals surface area contributed by atoms with Gasteiger partial charge >= 0.3 is 5.97 Å². The molecule has 0 radical (unpaired) electrons. The Balaban J connectivity index is 1.41. The van der Waals surface area contributed by atoms with Crippen LogP contribution in [0.3, 0.4) is 0 Å². The normalized spacial score (nSPS) is 31.0. The van der Waals surface area contributed by atoms with Crippen LogP contribution in [0.2, 0.25) is 0 Å². The topological polar surface area (TPSA) is 102 Å². The molecule has 0 aliphatic carbocycles. The molecule has 0 spiro atoms. The van der Waals surface area contributed by atoms with E-state index in [2.05, 4.69) is 0 Å². The van der Waals surface area contributed by atoms with Crippen molar-refractivity contribution in [1.29, 1.82) is 0 Å². The molecule has 8 heteroatoms. The Hall–Kier alpha value is 0.01000. The Kier molecular flexibility index (Phi) is 7.11. The molecule has 2 fully saturated rings. The summed E-state index contributed by atoms with van der Waals surface area (Å²) in [6, 6.07) is 0. The fraction of sp³-hybridized carbons (Fsp3) is 0.923. The van der Waals surface area contributed by atoms with Gasteiger partial charge in [-0.3, -0.25) is 4.79 Å². The minimum atomic E-state index is -0.927. The molecule has 0 aromatic carbocycles. The quantitative estimate of drug-likeness (QED) is 0.447. The number of carbonyl (C=O) groups is 1. The fourth-order valence-corrected chi connectivity index (χ4v) is 4.83. The van der Waals surface area contributed by atoms with Crippen molar-refractivity contribution in [2.45, 2.75) is 50.6 Å². The van der Waals surface area contributed by atoms with Gasteiger partial charge in [0.05, 0.1) is 12.5 Å². The van der Waals surface area contributed by atoms with Gasteiger partial charge in [0.2, 0.25) is 0 Å². The minimum absolute atomic E-state index is 0.0447. The van der Waals surface area contributed by atoms with Crippen LogP contribution in [-0.2, 0) is 36.6 Å². The summed E-state index contributed by atoms with van der Waals surface area (Å²) in [5.74, 6) is 2.04. The van der Waals surface area contributed by atoms with Gasteiger partial charge in [0.1, 0.15) is 29.1 Å². The average molecular weight is 338 g/mol. The Labute approximate surface area is 130 Å². The molecule has 2 saturated heterocycles. The molecule has 0 bridgehead atoms. The molecule has 5 atom stereocenters. The number of carbonyl (C=O) groups excluding carboxylic acids is 1. The van der Waals surface area contributed by atoms with Crippen LogP contribution in [0.1, 0.15) is 32.1 Å². The Morgan fingerprint density at radius 3 is 2.10 bits per heavy atom. The van der Waals surface area contributed by atoms with Crippen molar-refractivity contribution in [1.82, 2.24) is 0 Å². The summed E-state index contributed by atoms with van der Waals surface area (Å²) >= 11 is -1.84. The Morgan fingerprint density at radius 2 is 1.62 bits per heavy atom. The second-order valence-corrected chi connectivity index (χ2v) is 8.78. The maximum absolute atomic E-state index is 11.7. The molecule has 6 nitrogen and oxygen atoms in total. The maximum atomic E-state index is 11.7. The Bertz CT molecular complexity index is 329. The van der Waals surface area contributed by atoms with Gasteiger partial charge in [-0.15, -0.1) is 0 Å². The molecule has 122 valence electrons. The molecular weight excluding hydrogens is 316 g/mol. The van der Waals surface area contributed by atoms with Gasteiger partial charge in [0, 0.05) is 25.7 Å². The molecule has 2 aliphatic heterocycles. The lowest BCUT2D eigenvalue weighted by atomic mass is 10.1. The first kappa shape index (κ1) is 17.4. The summed E-state index contributed by atoms with van der Waals surface area (Å²) in [5, 5.41) is 8.95. The van der Waals surface area contributed by atoms with Crippen molar-refractivity contribution in [2.24, 2.45) is 0 Å². The van der Waals surface area contributed by atoms with E-state index < -0.39 is 28.6 Å². The smallest absolute Gasteiger partial charge is 0.309 e. The van der Waals surface area contributed by atoms with E-state index in [4.69, 9.17) is 14.6 Å². The molecule has 2 rings (SSSR count). The number of hydrogen-bond donors (Lipinski definition) is 1. The molecule has 21 heavy (non-hydrogen) atoms. The molecule has 5 unspecified atom stereocenters. The monoisotopic (exact) mass is 338 g/mol. The third kappa shape index (κ3) is 6.33. The van der Waals surface area contributed by atoms with E-state index in [1.54, 1.807) is 0 Å². The first-order valence-electron chi connectivity index (χ1n) is 7.26. The van der Waals surface area contributed by atoms with Crippen molar-refractivity contribution in [3.63, 3.8) is 0 Å². The molecule has 0 aromatic rings. The largest absolute Gasteiger partial charge is 0.616 e. The standard InChI is InChI=1S/C13H22O6S2/c14-12-8-10(18-12)2-6-20(16)4-1-5-21(17)7-3-11-9-13(15)19-11/h10-12,14H,1-9H2. The highest BCUT2D eigenvalue weighted by Crippen LogP contribution is 2.21.